The van der Waals surface area contributed by atoms with Crippen molar-refractivity contribution in [2.75, 3.05) is 6.54 Å². The first-order chi connectivity index (χ1) is 7.44. The Hall–Kier alpha value is -0.930. The number of aromatic nitrogens is 1. The van der Waals surface area contributed by atoms with E-state index in [0.717, 1.165) is 17.5 Å². The van der Waals surface area contributed by atoms with Gasteiger partial charge in [-0.25, -0.2) is 0 Å². The topological polar surface area (TPSA) is 45.1 Å². The Morgan fingerprint density at radius 2 is 2.12 bits per heavy atom. The number of nitrogens with one attached hydrogen (secondary N) is 1. The molecule has 1 atom stereocenters. The van der Waals surface area contributed by atoms with Gasteiger partial charge in [-0.05, 0) is 32.8 Å². The van der Waals surface area contributed by atoms with Crippen molar-refractivity contribution < 1.29 is 5.11 Å². The molecule has 0 aromatic carbocycles. The highest BCUT2D eigenvalue weighted by molar-refractivity contribution is 5.19. The van der Waals surface area contributed by atoms with Crippen molar-refractivity contribution in [1.82, 2.24) is 10.3 Å². The van der Waals surface area contributed by atoms with E-state index in [4.69, 9.17) is 0 Å². The molecule has 16 heavy (non-hydrogen) atoms. The van der Waals surface area contributed by atoms with Crippen LogP contribution in [0.25, 0.3) is 0 Å². The Labute approximate surface area is 97.9 Å². The van der Waals surface area contributed by atoms with Crippen LogP contribution >= 0.6 is 0 Å². The lowest BCUT2D eigenvalue weighted by atomic mass is 10.0. The molecule has 0 saturated heterocycles. The molecule has 0 radical (unpaired) electrons. The molecule has 0 aliphatic heterocycles. The molecule has 1 heterocycles. The number of aliphatic hydroxyl groups excluding tert-OH is 1. The maximum absolute atomic E-state index is 10.0. The van der Waals surface area contributed by atoms with E-state index in [1.165, 1.54) is 0 Å². The van der Waals surface area contributed by atoms with E-state index in [9.17, 15) is 5.11 Å². The van der Waals surface area contributed by atoms with E-state index in [0.29, 0.717) is 6.54 Å². The SMILES string of the molecule is CCC(C)(C)NCC(O)c1cncc(C)c1. The summed E-state index contributed by atoms with van der Waals surface area (Å²) in [4.78, 5) is 4.08. The van der Waals surface area contributed by atoms with Gasteiger partial charge < -0.3 is 10.4 Å². The van der Waals surface area contributed by atoms with Crippen LogP contribution < -0.4 is 5.32 Å². The number of aliphatic hydroxyl groups is 1. The molecule has 0 bridgehead atoms. The number of β-amino-alcohol motifs (C(OH)–C–C–N with tert-alkyl or cyclic N) is 1. The zero-order valence-electron chi connectivity index (χ0n) is 10.6. The molecule has 0 saturated carbocycles. The van der Waals surface area contributed by atoms with Crippen LogP contribution in [0.15, 0.2) is 18.5 Å². The fraction of sp³-hybridized carbons (Fsp3) is 0.615. The second kappa shape index (κ2) is 5.41. The van der Waals surface area contributed by atoms with Gasteiger partial charge in [0.05, 0.1) is 6.10 Å². The first-order valence-electron chi connectivity index (χ1n) is 5.79. The highest BCUT2D eigenvalue weighted by Gasteiger charge is 2.16. The van der Waals surface area contributed by atoms with Crippen molar-refractivity contribution in [2.24, 2.45) is 0 Å². The summed E-state index contributed by atoms with van der Waals surface area (Å²) >= 11 is 0. The molecule has 2 N–H and O–H groups in total. The summed E-state index contributed by atoms with van der Waals surface area (Å²) in [5, 5.41) is 13.3. The number of aryl methyl sites for hydroxylation is 1. The standard InChI is InChI=1S/C13H22N2O/c1-5-13(3,4)15-9-12(16)11-6-10(2)7-14-8-11/h6-8,12,15-16H,5,9H2,1-4H3. The molecule has 0 aliphatic carbocycles. The van der Waals surface area contributed by atoms with E-state index >= 15 is 0 Å². The molecule has 0 fully saturated rings. The van der Waals surface area contributed by atoms with Gasteiger partial charge in [0.15, 0.2) is 0 Å². The predicted molar refractivity (Wildman–Crippen MR) is 66.3 cm³/mol. The van der Waals surface area contributed by atoms with Crippen LogP contribution in [0.5, 0.6) is 0 Å². The molecule has 0 aliphatic rings. The number of hydrogen-bond acceptors (Lipinski definition) is 3. The number of pyridine rings is 1. The van der Waals surface area contributed by atoms with Crippen LogP contribution in [-0.4, -0.2) is 22.2 Å². The average Bonchev–Trinajstić information content (AvgIpc) is 2.26. The van der Waals surface area contributed by atoms with Crippen molar-refractivity contribution in [3.8, 4) is 0 Å². The van der Waals surface area contributed by atoms with Crippen LogP contribution in [-0.2, 0) is 0 Å². The van der Waals surface area contributed by atoms with Crippen LogP contribution in [0.3, 0.4) is 0 Å². The maximum Gasteiger partial charge on any atom is 0.0929 e. The van der Waals surface area contributed by atoms with E-state index in [-0.39, 0.29) is 5.54 Å². The zero-order valence-corrected chi connectivity index (χ0v) is 10.6. The van der Waals surface area contributed by atoms with Gasteiger partial charge in [-0.3, -0.25) is 4.98 Å². The van der Waals surface area contributed by atoms with Crippen LogP contribution in [0.2, 0.25) is 0 Å². The fourth-order valence-corrected chi connectivity index (χ4v) is 1.38. The first kappa shape index (κ1) is 13.1. The van der Waals surface area contributed by atoms with Gasteiger partial charge in [0, 0.05) is 30.0 Å². The summed E-state index contributed by atoms with van der Waals surface area (Å²) in [6.45, 7) is 8.94. The molecule has 0 spiro atoms. The predicted octanol–water partition coefficient (Wildman–Crippen LogP) is 2.20. The molecular formula is C13H22N2O. The Morgan fingerprint density at radius 1 is 1.44 bits per heavy atom. The summed E-state index contributed by atoms with van der Waals surface area (Å²) in [6.07, 6.45) is 4.06. The van der Waals surface area contributed by atoms with E-state index in [1.807, 2.05) is 13.0 Å². The summed E-state index contributed by atoms with van der Waals surface area (Å²) in [6, 6.07) is 1.97. The molecule has 1 aromatic rings. The molecular weight excluding hydrogens is 200 g/mol. The van der Waals surface area contributed by atoms with Gasteiger partial charge in [-0.1, -0.05) is 13.0 Å². The van der Waals surface area contributed by atoms with Crippen molar-refractivity contribution in [3.63, 3.8) is 0 Å². The smallest absolute Gasteiger partial charge is 0.0929 e. The molecule has 0 amide bonds. The Bertz CT molecular complexity index is 336. The van der Waals surface area contributed by atoms with Gasteiger partial charge in [0.1, 0.15) is 0 Å². The summed E-state index contributed by atoms with van der Waals surface area (Å²) in [7, 11) is 0. The van der Waals surface area contributed by atoms with Gasteiger partial charge >= 0.3 is 0 Å². The van der Waals surface area contributed by atoms with Crippen LogP contribution in [0.1, 0.15) is 44.4 Å². The molecule has 3 nitrogen and oxygen atoms in total. The van der Waals surface area contributed by atoms with Crippen LogP contribution in [0, 0.1) is 6.92 Å². The number of nitrogens with zero attached hydrogens (tertiary/aromatic N) is 1. The summed E-state index contributed by atoms with van der Waals surface area (Å²) < 4.78 is 0. The highest BCUT2D eigenvalue weighted by Crippen LogP contribution is 2.14. The van der Waals surface area contributed by atoms with E-state index < -0.39 is 6.10 Å². The van der Waals surface area contributed by atoms with Crippen LogP contribution in [0.4, 0.5) is 0 Å². The molecule has 1 rings (SSSR count). The molecule has 1 unspecified atom stereocenters. The third-order valence-electron chi connectivity index (χ3n) is 2.94. The monoisotopic (exact) mass is 222 g/mol. The Morgan fingerprint density at radius 3 is 2.69 bits per heavy atom. The maximum atomic E-state index is 10.0. The third kappa shape index (κ3) is 3.91. The number of hydrogen-bond donors (Lipinski definition) is 2. The molecule has 1 aromatic heterocycles. The highest BCUT2D eigenvalue weighted by atomic mass is 16.3. The van der Waals surface area contributed by atoms with Gasteiger partial charge in [-0.15, -0.1) is 0 Å². The number of rotatable bonds is 5. The van der Waals surface area contributed by atoms with Gasteiger partial charge in [-0.2, -0.15) is 0 Å². The average molecular weight is 222 g/mol. The fourth-order valence-electron chi connectivity index (χ4n) is 1.38. The van der Waals surface area contributed by atoms with E-state index in [1.54, 1.807) is 12.4 Å². The second-order valence-corrected chi connectivity index (χ2v) is 4.93. The molecule has 3 heteroatoms. The Kier molecular flexibility index (Phi) is 4.44. The lowest BCUT2D eigenvalue weighted by molar-refractivity contribution is 0.159. The largest absolute Gasteiger partial charge is 0.387 e. The van der Waals surface area contributed by atoms with Gasteiger partial charge in [0.25, 0.3) is 0 Å². The normalized spacial score (nSPS) is 13.8. The minimum Gasteiger partial charge on any atom is -0.387 e. The van der Waals surface area contributed by atoms with Crippen molar-refractivity contribution in [2.45, 2.75) is 45.8 Å². The summed E-state index contributed by atoms with van der Waals surface area (Å²) in [5.74, 6) is 0. The van der Waals surface area contributed by atoms with Crippen molar-refractivity contribution in [1.29, 1.82) is 0 Å². The van der Waals surface area contributed by atoms with Gasteiger partial charge in [0.2, 0.25) is 0 Å². The minimum absolute atomic E-state index is 0.0677. The summed E-state index contributed by atoms with van der Waals surface area (Å²) in [5.41, 5.74) is 2.02. The second-order valence-electron chi connectivity index (χ2n) is 4.93. The quantitative estimate of drug-likeness (QED) is 0.803. The minimum atomic E-state index is -0.488. The zero-order chi connectivity index (χ0) is 12.2. The van der Waals surface area contributed by atoms with E-state index in [2.05, 4.69) is 31.1 Å². The van der Waals surface area contributed by atoms with Crippen molar-refractivity contribution >= 4 is 0 Å². The lowest BCUT2D eigenvalue weighted by Crippen LogP contribution is -2.40. The Balaban J connectivity index is 2.56. The molecule has 90 valence electrons. The lowest BCUT2D eigenvalue weighted by Gasteiger charge is -2.26. The first-order valence-corrected chi connectivity index (χ1v) is 5.79. The van der Waals surface area contributed by atoms with Crippen molar-refractivity contribution in [3.05, 3.63) is 29.6 Å². The third-order valence-corrected chi connectivity index (χ3v) is 2.94.